The third-order valence-electron chi connectivity index (χ3n) is 3.16. The molecule has 1 aliphatic heterocycles. The van der Waals surface area contributed by atoms with E-state index in [0.717, 1.165) is 34.9 Å². The smallest absolute Gasteiger partial charge is 0.268 e. The number of benzene rings is 1. The number of rotatable bonds is 3. The molecule has 0 aliphatic carbocycles. The minimum Gasteiger partial charge on any atom is -0.268 e. The lowest BCUT2D eigenvalue weighted by Crippen LogP contribution is -2.39. The Hall–Kier alpha value is -1.09. The summed E-state index contributed by atoms with van der Waals surface area (Å²) in [5.41, 5.74) is 2.52. The number of nitrogens with zero attached hydrogens (tertiary/aromatic N) is 2. The van der Waals surface area contributed by atoms with Gasteiger partial charge in [0.15, 0.2) is 0 Å². The molecule has 0 spiro atoms. The van der Waals surface area contributed by atoms with E-state index in [1.807, 2.05) is 15.1 Å². The van der Waals surface area contributed by atoms with Gasteiger partial charge in [-0.1, -0.05) is 18.9 Å². The molecule has 1 N–H and O–H groups in total. The van der Waals surface area contributed by atoms with E-state index in [0.29, 0.717) is 5.56 Å². The van der Waals surface area contributed by atoms with Gasteiger partial charge in [0.1, 0.15) is 0 Å². The molecular weight excluding hydrogens is 298 g/mol. The van der Waals surface area contributed by atoms with Crippen LogP contribution < -0.4 is 4.72 Å². The van der Waals surface area contributed by atoms with Crippen molar-refractivity contribution in [3.05, 3.63) is 34.9 Å². The van der Waals surface area contributed by atoms with Crippen LogP contribution in [0, 0.1) is 0 Å². The molecular formula is C12H17N3O3S2. The Morgan fingerprint density at radius 1 is 1.35 bits per heavy atom. The van der Waals surface area contributed by atoms with Gasteiger partial charge >= 0.3 is 10.2 Å². The topological polar surface area (TPSA) is 69.7 Å². The number of carbonyl (C=O) groups is 1. The standard InChI is InChI=1S/C12H17N3O3S2/c1-14(2)20(17,18)13-12(16)10-3-4-11-8-15(19)6-5-9(11)7-10/h3-4,7,19H,5-6,8H2,1-2H3,(H,13,16). The lowest BCUT2D eigenvalue weighted by Gasteiger charge is -2.24. The first-order valence-corrected chi connectivity index (χ1v) is 7.94. The van der Waals surface area contributed by atoms with Crippen molar-refractivity contribution in [2.45, 2.75) is 13.0 Å². The van der Waals surface area contributed by atoms with E-state index in [1.54, 1.807) is 12.1 Å². The SMILES string of the molecule is CN(C)S(=O)(=O)NC(=O)c1ccc2c(c1)CCN(S)C2. The van der Waals surface area contributed by atoms with Crippen LogP contribution in [0.2, 0.25) is 0 Å². The van der Waals surface area contributed by atoms with Gasteiger partial charge in [-0.15, -0.1) is 0 Å². The molecule has 0 fully saturated rings. The normalized spacial score (nSPS) is 16.0. The summed E-state index contributed by atoms with van der Waals surface area (Å²) in [6.45, 7) is 1.52. The maximum Gasteiger partial charge on any atom is 0.303 e. The molecule has 0 atom stereocenters. The molecule has 0 radical (unpaired) electrons. The summed E-state index contributed by atoms with van der Waals surface area (Å²) in [6, 6.07) is 5.22. The van der Waals surface area contributed by atoms with Crippen molar-refractivity contribution in [2.24, 2.45) is 0 Å². The Morgan fingerprint density at radius 2 is 2.05 bits per heavy atom. The predicted molar refractivity (Wildman–Crippen MR) is 79.6 cm³/mol. The number of nitrogens with one attached hydrogen (secondary N) is 1. The van der Waals surface area contributed by atoms with Crippen LogP contribution in [0.4, 0.5) is 0 Å². The molecule has 1 aromatic carbocycles. The summed E-state index contributed by atoms with van der Waals surface area (Å²) in [4.78, 5) is 12.0. The molecule has 0 unspecified atom stereocenters. The highest BCUT2D eigenvalue weighted by atomic mass is 32.2. The second-order valence-electron chi connectivity index (χ2n) is 4.84. The van der Waals surface area contributed by atoms with Crippen LogP contribution in [0.3, 0.4) is 0 Å². The molecule has 0 saturated heterocycles. The van der Waals surface area contributed by atoms with Crippen LogP contribution in [0.1, 0.15) is 21.5 Å². The monoisotopic (exact) mass is 315 g/mol. The largest absolute Gasteiger partial charge is 0.303 e. The molecule has 8 heteroatoms. The molecule has 1 aromatic rings. The van der Waals surface area contributed by atoms with E-state index in [4.69, 9.17) is 0 Å². The second-order valence-corrected chi connectivity index (χ2v) is 7.29. The molecule has 1 amide bonds. The van der Waals surface area contributed by atoms with Gasteiger partial charge in [0.2, 0.25) is 0 Å². The van der Waals surface area contributed by atoms with E-state index in [-0.39, 0.29) is 0 Å². The molecule has 1 aliphatic rings. The van der Waals surface area contributed by atoms with E-state index in [1.165, 1.54) is 14.1 Å². The zero-order valence-corrected chi connectivity index (χ0v) is 13.0. The van der Waals surface area contributed by atoms with E-state index >= 15 is 0 Å². The lowest BCUT2D eigenvalue weighted by atomic mass is 9.98. The van der Waals surface area contributed by atoms with E-state index in [9.17, 15) is 13.2 Å². The van der Waals surface area contributed by atoms with Crippen molar-refractivity contribution >= 4 is 28.9 Å². The third kappa shape index (κ3) is 3.32. The van der Waals surface area contributed by atoms with Crippen LogP contribution in [0.5, 0.6) is 0 Å². The Kier molecular flexibility index (Phi) is 4.38. The summed E-state index contributed by atoms with van der Waals surface area (Å²) in [7, 11) is -1.03. The fourth-order valence-electron chi connectivity index (χ4n) is 1.95. The fourth-order valence-corrected chi connectivity index (χ4v) is 2.73. The third-order valence-corrected chi connectivity index (χ3v) is 4.91. The van der Waals surface area contributed by atoms with Gasteiger partial charge in [0, 0.05) is 32.7 Å². The quantitative estimate of drug-likeness (QED) is 0.794. The van der Waals surface area contributed by atoms with E-state index < -0.39 is 16.1 Å². The molecule has 0 bridgehead atoms. The fraction of sp³-hybridized carbons (Fsp3) is 0.417. The molecule has 0 saturated carbocycles. The molecule has 2 rings (SSSR count). The average Bonchev–Trinajstić information content (AvgIpc) is 2.37. The summed E-state index contributed by atoms with van der Waals surface area (Å²) in [6.07, 6.45) is 0.792. The minimum absolute atomic E-state index is 0.349. The van der Waals surface area contributed by atoms with Crippen molar-refractivity contribution in [2.75, 3.05) is 20.6 Å². The van der Waals surface area contributed by atoms with Crippen LogP contribution in [-0.2, 0) is 23.2 Å². The zero-order chi connectivity index (χ0) is 14.9. The highest BCUT2D eigenvalue weighted by Crippen LogP contribution is 2.21. The van der Waals surface area contributed by atoms with Crippen molar-refractivity contribution in [3.63, 3.8) is 0 Å². The van der Waals surface area contributed by atoms with Gasteiger partial charge < -0.3 is 0 Å². The van der Waals surface area contributed by atoms with Crippen LogP contribution in [0.25, 0.3) is 0 Å². The molecule has 20 heavy (non-hydrogen) atoms. The lowest BCUT2D eigenvalue weighted by molar-refractivity contribution is 0.0979. The summed E-state index contributed by atoms with van der Waals surface area (Å²) >= 11 is 4.30. The zero-order valence-electron chi connectivity index (χ0n) is 11.3. The summed E-state index contributed by atoms with van der Waals surface area (Å²) in [5, 5.41) is 0. The summed E-state index contributed by atoms with van der Waals surface area (Å²) < 4.78 is 28.1. The van der Waals surface area contributed by atoms with Gasteiger partial charge in [0.05, 0.1) is 0 Å². The Balaban J connectivity index is 2.20. The first-order valence-electron chi connectivity index (χ1n) is 6.10. The molecule has 1 heterocycles. The van der Waals surface area contributed by atoms with Gasteiger partial charge in [-0.25, -0.2) is 9.03 Å². The Labute approximate surface area is 124 Å². The van der Waals surface area contributed by atoms with Crippen molar-refractivity contribution in [3.8, 4) is 0 Å². The predicted octanol–water partition coefficient (Wildman–Crippen LogP) is 0.426. The Morgan fingerprint density at radius 3 is 2.70 bits per heavy atom. The van der Waals surface area contributed by atoms with Gasteiger partial charge in [-0.2, -0.15) is 12.7 Å². The Bertz CT molecular complexity index is 629. The number of hydrogen-bond donors (Lipinski definition) is 2. The average molecular weight is 315 g/mol. The van der Waals surface area contributed by atoms with Gasteiger partial charge in [0.25, 0.3) is 5.91 Å². The van der Waals surface area contributed by atoms with Crippen LogP contribution in [-0.4, -0.2) is 43.6 Å². The second kappa shape index (κ2) is 5.72. The minimum atomic E-state index is -3.76. The highest BCUT2D eigenvalue weighted by molar-refractivity contribution is 7.87. The maximum absolute atomic E-state index is 12.0. The van der Waals surface area contributed by atoms with Crippen LogP contribution in [0.15, 0.2) is 18.2 Å². The number of thiol groups is 1. The van der Waals surface area contributed by atoms with Crippen molar-refractivity contribution < 1.29 is 13.2 Å². The summed E-state index contributed by atoms with van der Waals surface area (Å²) in [5.74, 6) is -0.616. The number of carbonyl (C=O) groups excluding carboxylic acids is 1. The van der Waals surface area contributed by atoms with Gasteiger partial charge in [-0.3, -0.25) is 4.79 Å². The molecule has 0 aromatic heterocycles. The number of fused-ring (bicyclic) bond motifs is 1. The number of hydrogen-bond acceptors (Lipinski definition) is 5. The molecule has 6 nitrogen and oxygen atoms in total. The van der Waals surface area contributed by atoms with Gasteiger partial charge in [-0.05, 0) is 29.7 Å². The number of amides is 1. The van der Waals surface area contributed by atoms with Crippen LogP contribution >= 0.6 is 12.8 Å². The van der Waals surface area contributed by atoms with Crippen molar-refractivity contribution in [1.29, 1.82) is 0 Å². The molecule has 110 valence electrons. The van der Waals surface area contributed by atoms with Crippen molar-refractivity contribution in [1.82, 2.24) is 13.3 Å². The van der Waals surface area contributed by atoms with E-state index in [2.05, 4.69) is 12.8 Å². The maximum atomic E-state index is 12.0. The first-order chi connectivity index (χ1) is 9.29. The first kappa shape index (κ1) is 15.3. The highest BCUT2D eigenvalue weighted by Gasteiger charge is 2.20.